The minimum atomic E-state index is 0.447. The summed E-state index contributed by atoms with van der Waals surface area (Å²) in [7, 11) is 1.75. The zero-order valence-corrected chi connectivity index (χ0v) is 13.3. The Hall–Kier alpha value is -1.02. The summed E-state index contributed by atoms with van der Waals surface area (Å²) < 4.78 is 5.45. The minimum absolute atomic E-state index is 0.447. The number of nitrogens with one attached hydrogen (secondary N) is 1. The van der Waals surface area contributed by atoms with E-state index in [1.165, 1.54) is 29.5 Å². The van der Waals surface area contributed by atoms with E-state index < -0.39 is 0 Å². The van der Waals surface area contributed by atoms with Crippen molar-refractivity contribution in [2.75, 3.05) is 13.7 Å². The Balaban J connectivity index is 3.01. The lowest BCUT2D eigenvalue weighted by Gasteiger charge is -2.23. The highest BCUT2D eigenvalue weighted by Gasteiger charge is 2.15. The third-order valence-corrected chi connectivity index (χ3v) is 3.44. The molecule has 1 atom stereocenters. The molecule has 1 unspecified atom stereocenters. The predicted octanol–water partition coefficient (Wildman–Crippen LogP) is 4.40. The van der Waals surface area contributed by atoms with Gasteiger partial charge in [0.25, 0.3) is 0 Å². The summed E-state index contributed by atoms with van der Waals surface area (Å²) in [6.07, 6.45) is 2.34. The highest BCUT2D eigenvalue weighted by atomic mass is 16.5. The number of aryl methyl sites for hydroxylation is 2. The highest BCUT2D eigenvalue weighted by Crippen LogP contribution is 2.29. The average molecular weight is 263 g/mol. The number of rotatable bonds is 7. The van der Waals surface area contributed by atoms with Crippen LogP contribution < -0.4 is 10.1 Å². The number of ether oxygens (including phenoxy) is 1. The summed E-state index contributed by atoms with van der Waals surface area (Å²) >= 11 is 0. The molecule has 0 saturated heterocycles. The standard InChI is InChI=1S/C17H29NO/c1-7-8-18-16(9-12(2)3)15-10-13(4)17(19-6)14(5)11-15/h10-12,16,18H,7-9H2,1-6H3. The van der Waals surface area contributed by atoms with Crippen LogP contribution in [0.1, 0.15) is 56.3 Å². The van der Waals surface area contributed by atoms with Crippen LogP contribution in [0.25, 0.3) is 0 Å². The van der Waals surface area contributed by atoms with Crippen LogP contribution in [0, 0.1) is 19.8 Å². The lowest BCUT2D eigenvalue weighted by Crippen LogP contribution is -2.23. The normalized spacial score (nSPS) is 12.8. The second kappa shape index (κ2) is 7.54. The van der Waals surface area contributed by atoms with Gasteiger partial charge in [0.05, 0.1) is 7.11 Å². The van der Waals surface area contributed by atoms with Gasteiger partial charge in [-0.05, 0) is 55.8 Å². The third kappa shape index (κ3) is 4.54. The smallest absolute Gasteiger partial charge is 0.124 e. The van der Waals surface area contributed by atoms with Crippen LogP contribution in [0.3, 0.4) is 0 Å². The summed E-state index contributed by atoms with van der Waals surface area (Å²) in [5, 5.41) is 3.67. The van der Waals surface area contributed by atoms with Crippen molar-refractivity contribution in [1.29, 1.82) is 0 Å². The summed E-state index contributed by atoms with van der Waals surface area (Å²) in [6.45, 7) is 12.1. The van der Waals surface area contributed by atoms with Crippen molar-refractivity contribution in [2.24, 2.45) is 5.92 Å². The largest absolute Gasteiger partial charge is 0.496 e. The van der Waals surface area contributed by atoms with E-state index >= 15 is 0 Å². The van der Waals surface area contributed by atoms with Crippen molar-refractivity contribution in [3.63, 3.8) is 0 Å². The zero-order chi connectivity index (χ0) is 14.4. The molecule has 1 N–H and O–H groups in total. The van der Waals surface area contributed by atoms with Gasteiger partial charge >= 0.3 is 0 Å². The second-order valence-corrected chi connectivity index (χ2v) is 5.82. The number of hydrogen-bond donors (Lipinski definition) is 1. The molecule has 0 bridgehead atoms. The van der Waals surface area contributed by atoms with Crippen LogP contribution in [0.5, 0.6) is 5.75 Å². The van der Waals surface area contributed by atoms with E-state index in [-0.39, 0.29) is 0 Å². The van der Waals surface area contributed by atoms with Crippen molar-refractivity contribution in [2.45, 2.75) is 53.5 Å². The molecule has 0 aromatic heterocycles. The van der Waals surface area contributed by atoms with E-state index in [0.29, 0.717) is 12.0 Å². The Bertz CT molecular complexity index is 375. The van der Waals surface area contributed by atoms with E-state index in [2.05, 4.69) is 52.1 Å². The topological polar surface area (TPSA) is 21.3 Å². The summed E-state index contributed by atoms with van der Waals surface area (Å²) in [6, 6.07) is 4.98. The molecule has 1 aromatic carbocycles. The molecular formula is C17H29NO. The van der Waals surface area contributed by atoms with Crippen molar-refractivity contribution in [3.05, 3.63) is 28.8 Å². The maximum atomic E-state index is 5.45. The molecule has 108 valence electrons. The fourth-order valence-electron chi connectivity index (χ4n) is 2.63. The van der Waals surface area contributed by atoms with E-state index in [0.717, 1.165) is 12.3 Å². The molecule has 0 heterocycles. The molecule has 0 fully saturated rings. The Labute approximate surface area is 118 Å². The summed E-state index contributed by atoms with van der Waals surface area (Å²) in [4.78, 5) is 0. The quantitative estimate of drug-likeness (QED) is 0.787. The second-order valence-electron chi connectivity index (χ2n) is 5.82. The first-order valence-corrected chi connectivity index (χ1v) is 7.38. The van der Waals surface area contributed by atoms with Crippen LogP contribution >= 0.6 is 0 Å². The van der Waals surface area contributed by atoms with Gasteiger partial charge in [-0.15, -0.1) is 0 Å². The maximum Gasteiger partial charge on any atom is 0.124 e. The van der Waals surface area contributed by atoms with Crippen molar-refractivity contribution >= 4 is 0 Å². The van der Waals surface area contributed by atoms with Gasteiger partial charge in [0.1, 0.15) is 5.75 Å². The third-order valence-electron chi connectivity index (χ3n) is 3.44. The van der Waals surface area contributed by atoms with Crippen molar-refractivity contribution in [1.82, 2.24) is 5.32 Å². The molecule has 0 amide bonds. The number of methoxy groups -OCH3 is 1. The first-order chi connectivity index (χ1) is 8.99. The maximum absolute atomic E-state index is 5.45. The first-order valence-electron chi connectivity index (χ1n) is 7.38. The Morgan fingerprint density at radius 3 is 2.16 bits per heavy atom. The lowest BCUT2D eigenvalue weighted by atomic mass is 9.94. The SMILES string of the molecule is CCCNC(CC(C)C)c1cc(C)c(OC)c(C)c1. The van der Waals surface area contributed by atoms with Gasteiger partial charge in [0, 0.05) is 6.04 Å². The van der Waals surface area contributed by atoms with Gasteiger partial charge < -0.3 is 10.1 Å². The molecule has 0 aliphatic heterocycles. The molecule has 0 radical (unpaired) electrons. The van der Waals surface area contributed by atoms with E-state index in [1.54, 1.807) is 7.11 Å². The van der Waals surface area contributed by atoms with E-state index in [9.17, 15) is 0 Å². The Morgan fingerprint density at radius 1 is 1.16 bits per heavy atom. The fraction of sp³-hybridized carbons (Fsp3) is 0.647. The average Bonchev–Trinajstić information content (AvgIpc) is 2.33. The van der Waals surface area contributed by atoms with Gasteiger partial charge in [-0.25, -0.2) is 0 Å². The van der Waals surface area contributed by atoms with Gasteiger partial charge in [-0.3, -0.25) is 0 Å². The number of benzene rings is 1. The molecule has 2 heteroatoms. The molecule has 2 nitrogen and oxygen atoms in total. The monoisotopic (exact) mass is 263 g/mol. The molecule has 0 spiro atoms. The molecule has 1 aromatic rings. The van der Waals surface area contributed by atoms with Crippen molar-refractivity contribution < 1.29 is 4.74 Å². The lowest BCUT2D eigenvalue weighted by molar-refractivity contribution is 0.405. The molecule has 19 heavy (non-hydrogen) atoms. The van der Waals surface area contributed by atoms with Crippen LogP contribution in [0.4, 0.5) is 0 Å². The molecule has 1 rings (SSSR count). The molecule has 0 aliphatic rings. The van der Waals surface area contributed by atoms with Crippen LogP contribution in [0.15, 0.2) is 12.1 Å². The van der Waals surface area contributed by atoms with Gasteiger partial charge in [0.15, 0.2) is 0 Å². The van der Waals surface area contributed by atoms with E-state index in [1.807, 2.05) is 0 Å². The minimum Gasteiger partial charge on any atom is -0.496 e. The van der Waals surface area contributed by atoms with Gasteiger partial charge in [-0.1, -0.05) is 32.9 Å². The first kappa shape index (κ1) is 16.0. The van der Waals surface area contributed by atoms with Crippen LogP contribution in [-0.2, 0) is 0 Å². The molecule has 0 saturated carbocycles. The summed E-state index contributed by atoms with van der Waals surface area (Å²) in [5.41, 5.74) is 3.84. The fourth-order valence-corrected chi connectivity index (χ4v) is 2.63. The summed E-state index contributed by atoms with van der Waals surface area (Å²) in [5.74, 6) is 1.71. The van der Waals surface area contributed by atoms with Crippen LogP contribution in [0.2, 0.25) is 0 Å². The highest BCUT2D eigenvalue weighted by molar-refractivity contribution is 5.44. The Kier molecular flexibility index (Phi) is 6.36. The number of hydrogen-bond acceptors (Lipinski definition) is 2. The molecule has 0 aliphatic carbocycles. The predicted molar refractivity (Wildman–Crippen MR) is 83.0 cm³/mol. The zero-order valence-electron chi connectivity index (χ0n) is 13.3. The van der Waals surface area contributed by atoms with Gasteiger partial charge in [0.2, 0.25) is 0 Å². The molecular weight excluding hydrogens is 234 g/mol. The Morgan fingerprint density at radius 2 is 1.74 bits per heavy atom. The van der Waals surface area contributed by atoms with Crippen LogP contribution in [-0.4, -0.2) is 13.7 Å². The van der Waals surface area contributed by atoms with Gasteiger partial charge in [-0.2, -0.15) is 0 Å². The van der Waals surface area contributed by atoms with E-state index in [4.69, 9.17) is 4.74 Å². The van der Waals surface area contributed by atoms with Crippen molar-refractivity contribution in [3.8, 4) is 5.75 Å².